The molecule has 0 aliphatic rings. The van der Waals surface area contributed by atoms with Crippen molar-refractivity contribution < 1.29 is 9.90 Å². The zero-order valence-electron chi connectivity index (χ0n) is 24.7. The van der Waals surface area contributed by atoms with Gasteiger partial charge in [-0.25, -0.2) is 0 Å². The minimum absolute atomic E-state index is 0.00244. The number of hydrogen-bond acceptors (Lipinski definition) is 3. The summed E-state index contributed by atoms with van der Waals surface area (Å²) < 4.78 is 2.09. The highest BCUT2D eigenvalue weighted by Gasteiger charge is 2.33. The lowest BCUT2D eigenvalue weighted by atomic mass is 9.71. The molecule has 5 nitrogen and oxygen atoms in total. The van der Waals surface area contributed by atoms with Gasteiger partial charge in [0.15, 0.2) is 0 Å². The summed E-state index contributed by atoms with van der Waals surface area (Å²) in [6.45, 7) is 21.3. The van der Waals surface area contributed by atoms with Crippen molar-refractivity contribution in [2.24, 2.45) is 0 Å². The SMILES string of the molecule is CCN(CC)CCNC(=O)c1cc(C(CC)(CC)c2ccc(C=CC(O)(CC)CC)c(C)c2)cn1CC. The van der Waals surface area contributed by atoms with Crippen LogP contribution in [0.5, 0.6) is 0 Å². The van der Waals surface area contributed by atoms with Crippen LogP contribution in [0.25, 0.3) is 6.08 Å². The van der Waals surface area contributed by atoms with Crippen molar-refractivity contribution in [3.05, 3.63) is 64.5 Å². The molecule has 37 heavy (non-hydrogen) atoms. The van der Waals surface area contributed by atoms with Gasteiger partial charge < -0.3 is 19.9 Å². The average molecular weight is 510 g/mol. The Morgan fingerprint density at radius 2 is 1.62 bits per heavy atom. The molecular formula is C32H51N3O2. The molecule has 206 valence electrons. The number of hydrogen-bond donors (Lipinski definition) is 2. The maximum Gasteiger partial charge on any atom is 0.267 e. The Kier molecular flexibility index (Phi) is 11.6. The first kappa shape index (κ1) is 30.9. The van der Waals surface area contributed by atoms with Gasteiger partial charge in [-0.2, -0.15) is 0 Å². The number of likely N-dealkylation sites (N-methyl/N-ethyl adjacent to an activating group) is 1. The van der Waals surface area contributed by atoms with Crippen LogP contribution in [0, 0.1) is 6.92 Å². The van der Waals surface area contributed by atoms with E-state index in [9.17, 15) is 9.90 Å². The van der Waals surface area contributed by atoms with Crippen molar-refractivity contribution in [2.75, 3.05) is 26.2 Å². The fourth-order valence-corrected chi connectivity index (χ4v) is 5.31. The molecule has 1 aromatic carbocycles. The van der Waals surface area contributed by atoms with E-state index < -0.39 is 5.60 Å². The topological polar surface area (TPSA) is 57.5 Å². The Labute approximate surface area is 226 Å². The Morgan fingerprint density at radius 1 is 0.973 bits per heavy atom. The number of nitrogens with zero attached hydrogens (tertiary/aromatic N) is 2. The lowest BCUT2D eigenvalue weighted by molar-refractivity contribution is 0.0836. The molecule has 0 saturated carbocycles. The number of nitrogens with one attached hydrogen (secondary N) is 1. The van der Waals surface area contributed by atoms with Crippen LogP contribution >= 0.6 is 0 Å². The first-order chi connectivity index (χ1) is 17.7. The number of rotatable bonds is 15. The van der Waals surface area contributed by atoms with Gasteiger partial charge in [-0.15, -0.1) is 0 Å². The maximum atomic E-state index is 13.2. The summed E-state index contributed by atoms with van der Waals surface area (Å²) in [6.07, 6.45) is 9.46. The Hall–Kier alpha value is -2.37. The molecule has 0 aliphatic heterocycles. The van der Waals surface area contributed by atoms with Crippen LogP contribution < -0.4 is 5.32 Å². The molecule has 0 bridgehead atoms. The summed E-state index contributed by atoms with van der Waals surface area (Å²) in [5.74, 6) is -0.00244. The van der Waals surface area contributed by atoms with Crippen molar-refractivity contribution in [1.82, 2.24) is 14.8 Å². The van der Waals surface area contributed by atoms with Crippen molar-refractivity contribution >= 4 is 12.0 Å². The van der Waals surface area contributed by atoms with Crippen LogP contribution in [0.2, 0.25) is 0 Å². The van der Waals surface area contributed by atoms with Gasteiger partial charge >= 0.3 is 0 Å². The maximum absolute atomic E-state index is 13.2. The minimum atomic E-state index is -0.757. The monoisotopic (exact) mass is 509 g/mol. The van der Waals surface area contributed by atoms with E-state index in [2.05, 4.69) is 92.9 Å². The van der Waals surface area contributed by atoms with Gasteiger partial charge in [-0.3, -0.25) is 4.79 Å². The van der Waals surface area contributed by atoms with Crippen molar-refractivity contribution in [3.8, 4) is 0 Å². The molecule has 2 aromatic rings. The molecule has 1 amide bonds. The highest BCUT2D eigenvalue weighted by molar-refractivity contribution is 5.93. The molecule has 0 saturated heterocycles. The number of aromatic nitrogens is 1. The number of benzene rings is 1. The molecule has 2 N–H and O–H groups in total. The number of carbonyl (C=O) groups excluding carboxylic acids is 1. The highest BCUT2D eigenvalue weighted by Crippen LogP contribution is 2.40. The largest absolute Gasteiger partial charge is 0.386 e. The van der Waals surface area contributed by atoms with E-state index in [-0.39, 0.29) is 11.3 Å². The number of amides is 1. The highest BCUT2D eigenvalue weighted by atomic mass is 16.3. The lowest BCUT2D eigenvalue weighted by Gasteiger charge is -2.32. The number of carbonyl (C=O) groups is 1. The van der Waals surface area contributed by atoms with Gasteiger partial charge in [0.1, 0.15) is 5.69 Å². The standard InChI is InChI=1S/C32H51N3O2/c1-9-31(37,10-2)19-18-26-16-17-27(22-25(26)8)32(11-3,12-4)28-23-29(35(15-7)24-28)30(36)33-20-21-34(13-5)14-6/h16-19,22-24,37H,9-15,20-21H2,1-8H3,(H,33,36). The molecule has 1 heterocycles. The molecule has 0 radical (unpaired) electrons. The van der Waals surface area contributed by atoms with Crippen LogP contribution in [0.15, 0.2) is 36.5 Å². The van der Waals surface area contributed by atoms with Crippen molar-refractivity contribution in [1.29, 1.82) is 0 Å². The molecule has 2 rings (SSSR count). The third-order valence-corrected chi connectivity index (χ3v) is 8.46. The number of aryl methyl sites for hydroxylation is 2. The quantitative estimate of drug-likeness (QED) is 0.286. The molecule has 1 aromatic heterocycles. The van der Waals surface area contributed by atoms with E-state index >= 15 is 0 Å². The third-order valence-electron chi connectivity index (χ3n) is 8.46. The Bertz CT molecular complexity index is 1020. The summed E-state index contributed by atoms with van der Waals surface area (Å²) in [4.78, 5) is 15.5. The molecule has 0 fully saturated rings. The van der Waals surface area contributed by atoms with E-state index in [1.807, 2.05) is 19.9 Å². The van der Waals surface area contributed by atoms with E-state index in [0.717, 1.165) is 50.3 Å². The molecular weight excluding hydrogens is 458 g/mol. The average Bonchev–Trinajstić information content (AvgIpc) is 3.36. The predicted octanol–water partition coefficient (Wildman–Crippen LogP) is 6.56. The Balaban J connectivity index is 2.39. The lowest BCUT2D eigenvalue weighted by Crippen LogP contribution is -2.35. The molecule has 0 spiro atoms. The summed E-state index contributed by atoms with van der Waals surface area (Å²) in [6, 6.07) is 8.79. The zero-order valence-corrected chi connectivity index (χ0v) is 24.7. The molecule has 0 unspecified atom stereocenters. The fraction of sp³-hybridized carbons (Fsp3) is 0.594. The predicted molar refractivity (Wildman–Crippen MR) is 157 cm³/mol. The van der Waals surface area contributed by atoms with Crippen molar-refractivity contribution in [2.45, 2.75) is 98.6 Å². The minimum Gasteiger partial charge on any atom is -0.386 e. The second kappa shape index (κ2) is 14.0. The van der Waals surface area contributed by atoms with Crippen molar-refractivity contribution in [3.63, 3.8) is 0 Å². The van der Waals surface area contributed by atoms with E-state index in [0.29, 0.717) is 19.4 Å². The van der Waals surface area contributed by atoms with Crippen LogP contribution in [-0.2, 0) is 12.0 Å². The molecule has 0 atom stereocenters. The van der Waals surface area contributed by atoms with E-state index in [1.54, 1.807) is 0 Å². The third kappa shape index (κ3) is 7.14. The van der Waals surface area contributed by atoms with E-state index in [4.69, 9.17) is 0 Å². The van der Waals surface area contributed by atoms with Crippen LogP contribution in [0.4, 0.5) is 0 Å². The van der Waals surface area contributed by atoms with Crippen LogP contribution in [0.3, 0.4) is 0 Å². The van der Waals surface area contributed by atoms with Gasteiger partial charge in [0.25, 0.3) is 5.91 Å². The van der Waals surface area contributed by atoms with Gasteiger partial charge in [-0.1, -0.05) is 71.9 Å². The fourth-order valence-electron chi connectivity index (χ4n) is 5.31. The van der Waals surface area contributed by atoms with Gasteiger partial charge in [0.2, 0.25) is 0 Å². The summed E-state index contributed by atoms with van der Waals surface area (Å²) in [7, 11) is 0. The second-order valence-corrected chi connectivity index (χ2v) is 10.2. The molecule has 5 heteroatoms. The van der Waals surface area contributed by atoms with Crippen LogP contribution in [-0.4, -0.2) is 52.3 Å². The van der Waals surface area contributed by atoms with Gasteiger partial charge in [0, 0.05) is 31.2 Å². The van der Waals surface area contributed by atoms with Gasteiger partial charge in [-0.05, 0) is 80.9 Å². The molecule has 0 aliphatic carbocycles. The zero-order chi connectivity index (χ0) is 27.6. The summed E-state index contributed by atoms with van der Waals surface area (Å²) in [5.41, 5.74) is 4.60. The normalized spacial score (nSPS) is 12.6. The Morgan fingerprint density at radius 3 is 2.14 bits per heavy atom. The summed E-state index contributed by atoms with van der Waals surface area (Å²) in [5, 5.41) is 13.8. The van der Waals surface area contributed by atoms with E-state index in [1.165, 1.54) is 16.7 Å². The van der Waals surface area contributed by atoms with Crippen LogP contribution in [0.1, 0.15) is 107 Å². The number of aliphatic hydroxyl groups is 1. The first-order valence-corrected chi connectivity index (χ1v) is 14.4. The summed E-state index contributed by atoms with van der Waals surface area (Å²) >= 11 is 0. The second-order valence-electron chi connectivity index (χ2n) is 10.2. The van der Waals surface area contributed by atoms with Gasteiger partial charge in [0.05, 0.1) is 5.60 Å². The smallest absolute Gasteiger partial charge is 0.267 e. The first-order valence-electron chi connectivity index (χ1n) is 14.4.